The van der Waals surface area contributed by atoms with E-state index in [1.165, 1.54) is 6.07 Å². The second-order valence-corrected chi connectivity index (χ2v) is 6.37. The molecule has 2 N–H and O–H groups in total. The van der Waals surface area contributed by atoms with Gasteiger partial charge in [0.05, 0.1) is 13.2 Å². The molecule has 0 spiro atoms. The molecule has 0 aliphatic rings. The Balaban J connectivity index is 2.42. The van der Waals surface area contributed by atoms with E-state index in [1.54, 1.807) is 36.4 Å². The van der Waals surface area contributed by atoms with Gasteiger partial charge in [0.1, 0.15) is 5.82 Å². The van der Waals surface area contributed by atoms with Crippen LogP contribution in [-0.4, -0.2) is 23.4 Å². The van der Waals surface area contributed by atoms with Crippen LogP contribution in [0.2, 0.25) is 5.02 Å². The molecule has 2 aromatic carbocycles. The summed E-state index contributed by atoms with van der Waals surface area (Å²) in [6.07, 6.45) is 0.187. The van der Waals surface area contributed by atoms with Gasteiger partial charge in [0.25, 0.3) is 0 Å². The van der Waals surface area contributed by atoms with Gasteiger partial charge in [-0.25, -0.2) is 4.39 Å². The van der Waals surface area contributed by atoms with Gasteiger partial charge in [-0.05, 0) is 47.9 Å². The van der Waals surface area contributed by atoms with E-state index < -0.39 is 5.41 Å². The minimum absolute atomic E-state index is 0.187. The molecule has 112 valence electrons. The zero-order valence-electron chi connectivity index (χ0n) is 11.2. The summed E-state index contributed by atoms with van der Waals surface area (Å²) in [5, 5.41) is 20.2. The molecule has 0 bridgehead atoms. The third-order valence-corrected chi connectivity index (χ3v) is 4.34. The number of benzene rings is 2. The van der Waals surface area contributed by atoms with E-state index in [-0.39, 0.29) is 25.5 Å². The quantitative estimate of drug-likeness (QED) is 0.839. The number of halogens is 3. The zero-order chi connectivity index (χ0) is 15.5. The van der Waals surface area contributed by atoms with Crippen molar-refractivity contribution in [2.24, 2.45) is 0 Å². The van der Waals surface area contributed by atoms with Crippen molar-refractivity contribution in [1.82, 2.24) is 0 Å². The summed E-state index contributed by atoms with van der Waals surface area (Å²) in [5.74, 6) is -0.363. The maximum absolute atomic E-state index is 13.9. The summed E-state index contributed by atoms with van der Waals surface area (Å²) < 4.78 is 14.7. The highest BCUT2D eigenvalue weighted by Crippen LogP contribution is 2.31. The van der Waals surface area contributed by atoms with Crippen molar-refractivity contribution < 1.29 is 14.6 Å². The first-order chi connectivity index (χ1) is 10.0. The van der Waals surface area contributed by atoms with E-state index in [4.69, 9.17) is 11.6 Å². The van der Waals surface area contributed by atoms with Crippen LogP contribution in [0.3, 0.4) is 0 Å². The Bertz CT molecular complexity index is 612. The number of hydrogen-bond donors (Lipinski definition) is 2. The van der Waals surface area contributed by atoms with Gasteiger partial charge in [0.15, 0.2) is 0 Å². The first-order valence-electron chi connectivity index (χ1n) is 6.42. The van der Waals surface area contributed by atoms with Crippen LogP contribution < -0.4 is 0 Å². The van der Waals surface area contributed by atoms with Crippen LogP contribution in [0.1, 0.15) is 11.1 Å². The highest BCUT2D eigenvalue weighted by Gasteiger charge is 2.32. The van der Waals surface area contributed by atoms with Crippen LogP contribution >= 0.6 is 27.5 Å². The van der Waals surface area contributed by atoms with E-state index in [9.17, 15) is 14.6 Å². The van der Waals surface area contributed by atoms with Gasteiger partial charge in [0, 0.05) is 14.9 Å². The van der Waals surface area contributed by atoms with Crippen molar-refractivity contribution in [3.8, 4) is 0 Å². The normalized spacial score (nSPS) is 11.7. The van der Waals surface area contributed by atoms with E-state index in [2.05, 4.69) is 15.9 Å². The lowest BCUT2D eigenvalue weighted by molar-refractivity contribution is 0.115. The molecule has 2 aromatic rings. The average molecular weight is 374 g/mol. The summed E-state index contributed by atoms with van der Waals surface area (Å²) in [4.78, 5) is 0. The maximum atomic E-state index is 13.9. The van der Waals surface area contributed by atoms with Crippen molar-refractivity contribution in [2.45, 2.75) is 11.8 Å². The average Bonchev–Trinajstić information content (AvgIpc) is 2.49. The molecule has 0 aromatic heterocycles. The molecule has 0 saturated carbocycles. The van der Waals surface area contributed by atoms with Gasteiger partial charge in [-0.15, -0.1) is 0 Å². The Hall–Kier alpha value is -0.940. The van der Waals surface area contributed by atoms with E-state index >= 15 is 0 Å². The number of aliphatic hydroxyl groups excluding tert-OH is 2. The predicted molar refractivity (Wildman–Crippen MR) is 85.1 cm³/mol. The third kappa shape index (κ3) is 3.64. The van der Waals surface area contributed by atoms with Crippen LogP contribution in [-0.2, 0) is 11.8 Å². The molecule has 0 saturated heterocycles. The van der Waals surface area contributed by atoms with E-state index in [1.807, 2.05) is 0 Å². The van der Waals surface area contributed by atoms with Crippen LogP contribution in [0.5, 0.6) is 0 Å². The molecule has 0 heterocycles. The van der Waals surface area contributed by atoms with Gasteiger partial charge in [-0.3, -0.25) is 0 Å². The zero-order valence-corrected chi connectivity index (χ0v) is 13.5. The van der Waals surface area contributed by atoms with Crippen molar-refractivity contribution >= 4 is 27.5 Å². The summed E-state index contributed by atoms with van der Waals surface area (Å²) >= 11 is 9.17. The highest BCUT2D eigenvalue weighted by atomic mass is 79.9. The lowest BCUT2D eigenvalue weighted by atomic mass is 9.77. The van der Waals surface area contributed by atoms with E-state index in [0.29, 0.717) is 10.6 Å². The third-order valence-electron chi connectivity index (χ3n) is 3.60. The summed E-state index contributed by atoms with van der Waals surface area (Å²) in [6.45, 7) is -0.589. The molecule has 0 atom stereocenters. The lowest BCUT2D eigenvalue weighted by Crippen LogP contribution is -2.37. The number of rotatable bonds is 5. The second-order valence-electron chi connectivity index (χ2n) is 5.02. The fourth-order valence-corrected chi connectivity index (χ4v) is 2.83. The van der Waals surface area contributed by atoms with Crippen molar-refractivity contribution in [2.75, 3.05) is 13.2 Å². The van der Waals surface area contributed by atoms with Gasteiger partial charge in [-0.2, -0.15) is 0 Å². The predicted octanol–water partition coefficient (Wildman–Crippen LogP) is 3.71. The highest BCUT2D eigenvalue weighted by molar-refractivity contribution is 9.10. The summed E-state index contributed by atoms with van der Waals surface area (Å²) in [5.41, 5.74) is 0.199. The molecule has 2 nitrogen and oxygen atoms in total. The van der Waals surface area contributed by atoms with Crippen molar-refractivity contribution in [3.63, 3.8) is 0 Å². The fourth-order valence-electron chi connectivity index (χ4n) is 2.29. The molecule has 0 aliphatic heterocycles. The molecule has 0 radical (unpaired) electrons. The van der Waals surface area contributed by atoms with Crippen molar-refractivity contribution in [3.05, 3.63) is 68.9 Å². The molecule has 2 rings (SSSR count). The first kappa shape index (κ1) is 16.4. The van der Waals surface area contributed by atoms with Gasteiger partial charge in [-0.1, -0.05) is 39.7 Å². The van der Waals surface area contributed by atoms with Gasteiger partial charge < -0.3 is 10.2 Å². The molecular formula is C16H15BrClFO2. The first-order valence-corrected chi connectivity index (χ1v) is 7.59. The topological polar surface area (TPSA) is 40.5 Å². The number of aliphatic hydroxyl groups is 2. The number of hydrogen-bond acceptors (Lipinski definition) is 2. The Kier molecular flexibility index (Phi) is 5.38. The second kappa shape index (κ2) is 6.88. The molecule has 0 aliphatic carbocycles. The smallest absolute Gasteiger partial charge is 0.126 e. The molecule has 0 fully saturated rings. The molecule has 5 heteroatoms. The fraction of sp³-hybridized carbons (Fsp3) is 0.250. The van der Waals surface area contributed by atoms with Gasteiger partial charge >= 0.3 is 0 Å². The van der Waals surface area contributed by atoms with Gasteiger partial charge in [0.2, 0.25) is 0 Å². The molecule has 21 heavy (non-hydrogen) atoms. The van der Waals surface area contributed by atoms with Crippen molar-refractivity contribution in [1.29, 1.82) is 0 Å². The minimum Gasteiger partial charge on any atom is -0.395 e. The lowest BCUT2D eigenvalue weighted by Gasteiger charge is -2.31. The Labute approximate surface area is 136 Å². The standard InChI is InChI=1S/C16H15BrClFO2/c17-13-3-6-15(19)11(7-13)8-16(9-20,10-21)12-1-4-14(18)5-2-12/h1-7,20-21H,8-10H2. The SMILES string of the molecule is OCC(CO)(Cc1cc(Br)ccc1F)c1ccc(Cl)cc1. The maximum Gasteiger partial charge on any atom is 0.126 e. The molecular weight excluding hydrogens is 359 g/mol. The molecule has 0 unspecified atom stereocenters. The summed E-state index contributed by atoms with van der Waals surface area (Å²) in [7, 11) is 0. The van der Waals surface area contributed by atoms with Crippen LogP contribution in [0.25, 0.3) is 0 Å². The van der Waals surface area contributed by atoms with E-state index in [0.717, 1.165) is 10.0 Å². The van der Waals surface area contributed by atoms with Crippen LogP contribution in [0.15, 0.2) is 46.9 Å². The largest absolute Gasteiger partial charge is 0.395 e. The van der Waals surface area contributed by atoms with Crippen LogP contribution in [0.4, 0.5) is 4.39 Å². The summed E-state index contributed by atoms with van der Waals surface area (Å²) in [6, 6.07) is 11.5. The van der Waals surface area contributed by atoms with Crippen LogP contribution in [0, 0.1) is 5.82 Å². The Morgan fingerprint density at radius 1 is 1.05 bits per heavy atom. The Morgan fingerprint density at radius 3 is 2.24 bits per heavy atom. The Morgan fingerprint density at radius 2 is 1.67 bits per heavy atom. The minimum atomic E-state index is -0.952. The monoisotopic (exact) mass is 372 g/mol. The molecule has 0 amide bonds.